The Morgan fingerprint density at radius 3 is 2.27 bits per heavy atom. The Balaban J connectivity index is 3.21. The summed E-state index contributed by atoms with van der Waals surface area (Å²) < 4.78 is 39.2. The molecule has 0 bridgehead atoms. The lowest BCUT2D eigenvalue weighted by molar-refractivity contribution is -0.0526. The van der Waals surface area contributed by atoms with Gasteiger partial charge in [0.1, 0.15) is 0 Å². The Bertz CT molecular complexity index is 344. The Kier molecular flexibility index (Phi) is 4.37. The highest BCUT2D eigenvalue weighted by atomic mass is 127. The molecule has 0 saturated carbocycles. The van der Waals surface area contributed by atoms with Gasteiger partial charge in [-0.25, -0.2) is 0 Å². The van der Waals surface area contributed by atoms with E-state index >= 15 is 0 Å². The highest BCUT2D eigenvalue weighted by Gasteiger charge is 2.18. The standard InChI is InChI=1S/C9H9F2IO3/c1-13-6-4-3-5(12)7(14-2)8(6)15-9(10)11/h3-4,9H,1-2H3. The third-order valence-electron chi connectivity index (χ3n) is 1.66. The van der Waals surface area contributed by atoms with E-state index < -0.39 is 6.61 Å². The molecule has 0 radical (unpaired) electrons. The van der Waals surface area contributed by atoms with Crippen LogP contribution in [0.3, 0.4) is 0 Å². The zero-order valence-corrected chi connectivity index (χ0v) is 10.2. The van der Waals surface area contributed by atoms with Gasteiger partial charge < -0.3 is 14.2 Å². The van der Waals surface area contributed by atoms with E-state index in [1.807, 2.05) is 22.6 Å². The first kappa shape index (κ1) is 12.3. The number of ether oxygens (including phenoxy) is 3. The highest BCUT2D eigenvalue weighted by molar-refractivity contribution is 14.1. The van der Waals surface area contributed by atoms with Crippen LogP contribution in [0.4, 0.5) is 8.78 Å². The van der Waals surface area contributed by atoms with Crippen molar-refractivity contribution in [1.29, 1.82) is 0 Å². The van der Waals surface area contributed by atoms with Gasteiger partial charge in [0.25, 0.3) is 0 Å². The van der Waals surface area contributed by atoms with Crippen molar-refractivity contribution in [2.75, 3.05) is 14.2 Å². The highest BCUT2D eigenvalue weighted by Crippen LogP contribution is 2.41. The van der Waals surface area contributed by atoms with Gasteiger partial charge in [-0.1, -0.05) is 0 Å². The van der Waals surface area contributed by atoms with Crippen LogP contribution in [0.1, 0.15) is 0 Å². The van der Waals surface area contributed by atoms with E-state index in [1.165, 1.54) is 14.2 Å². The molecule has 0 fully saturated rings. The van der Waals surface area contributed by atoms with Gasteiger partial charge in [-0.2, -0.15) is 8.78 Å². The second-order valence-corrected chi connectivity index (χ2v) is 3.65. The third kappa shape index (κ3) is 2.83. The fourth-order valence-corrected chi connectivity index (χ4v) is 1.72. The lowest BCUT2D eigenvalue weighted by Gasteiger charge is -2.14. The minimum atomic E-state index is -2.91. The Morgan fingerprint density at radius 2 is 1.80 bits per heavy atom. The van der Waals surface area contributed by atoms with Crippen LogP contribution in [0.2, 0.25) is 0 Å². The van der Waals surface area contributed by atoms with E-state index in [9.17, 15) is 8.78 Å². The zero-order valence-electron chi connectivity index (χ0n) is 8.09. The van der Waals surface area contributed by atoms with E-state index in [4.69, 9.17) is 9.47 Å². The van der Waals surface area contributed by atoms with Crippen LogP contribution in [0.5, 0.6) is 17.2 Å². The number of benzene rings is 1. The summed E-state index contributed by atoms with van der Waals surface area (Å²) in [5, 5.41) is 0. The molecule has 15 heavy (non-hydrogen) atoms. The van der Waals surface area contributed by atoms with E-state index in [-0.39, 0.29) is 17.2 Å². The van der Waals surface area contributed by atoms with Crippen LogP contribution in [-0.4, -0.2) is 20.8 Å². The first-order chi connectivity index (χ1) is 7.10. The third-order valence-corrected chi connectivity index (χ3v) is 2.51. The molecule has 1 aromatic carbocycles. The number of rotatable bonds is 4. The molecule has 84 valence electrons. The topological polar surface area (TPSA) is 27.7 Å². The summed E-state index contributed by atoms with van der Waals surface area (Å²) in [7, 11) is 2.76. The minimum Gasteiger partial charge on any atom is -0.493 e. The average molecular weight is 330 g/mol. The molecule has 1 aromatic rings. The zero-order chi connectivity index (χ0) is 11.4. The van der Waals surface area contributed by atoms with E-state index in [0.29, 0.717) is 3.57 Å². The Morgan fingerprint density at radius 1 is 1.13 bits per heavy atom. The molecule has 0 spiro atoms. The van der Waals surface area contributed by atoms with Crippen LogP contribution < -0.4 is 14.2 Å². The fraction of sp³-hybridized carbons (Fsp3) is 0.333. The van der Waals surface area contributed by atoms with Gasteiger partial charge in [0, 0.05) is 0 Å². The van der Waals surface area contributed by atoms with Gasteiger partial charge in [-0.3, -0.25) is 0 Å². The maximum absolute atomic E-state index is 12.1. The Hall–Kier alpha value is -0.790. The van der Waals surface area contributed by atoms with Crippen LogP contribution >= 0.6 is 22.6 Å². The maximum atomic E-state index is 12.1. The van der Waals surface area contributed by atoms with Gasteiger partial charge in [0.15, 0.2) is 11.5 Å². The van der Waals surface area contributed by atoms with Crippen LogP contribution in [0.25, 0.3) is 0 Å². The predicted octanol–water partition coefficient (Wildman–Crippen LogP) is 2.91. The van der Waals surface area contributed by atoms with Crippen LogP contribution in [0, 0.1) is 3.57 Å². The molecule has 0 aliphatic carbocycles. The quantitative estimate of drug-likeness (QED) is 0.795. The van der Waals surface area contributed by atoms with Crippen molar-refractivity contribution in [2.24, 2.45) is 0 Å². The normalized spacial score (nSPS) is 10.3. The summed E-state index contributed by atoms with van der Waals surface area (Å²) >= 11 is 1.96. The number of alkyl halides is 2. The minimum absolute atomic E-state index is 0.0816. The molecule has 3 nitrogen and oxygen atoms in total. The van der Waals surface area contributed by atoms with Crippen molar-refractivity contribution in [1.82, 2.24) is 0 Å². The lowest BCUT2D eigenvalue weighted by atomic mass is 10.3. The molecular weight excluding hydrogens is 321 g/mol. The number of hydrogen-bond donors (Lipinski definition) is 0. The smallest absolute Gasteiger partial charge is 0.387 e. The van der Waals surface area contributed by atoms with Gasteiger partial charge in [-0.15, -0.1) is 0 Å². The van der Waals surface area contributed by atoms with Crippen LogP contribution in [-0.2, 0) is 0 Å². The number of methoxy groups -OCH3 is 2. The number of halogens is 3. The largest absolute Gasteiger partial charge is 0.493 e. The van der Waals surface area contributed by atoms with Gasteiger partial charge in [-0.05, 0) is 34.7 Å². The van der Waals surface area contributed by atoms with E-state index in [2.05, 4.69) is 4.74 Å². The van der Waals surface area contributed by atoms with Gasteiger partial charge >= 0.3 is 6.61 Å². The summed E-state index contributed by atoms with van der Waals surface area (Å²) in [4.78, 5) is 0. The van der Waals surface area contributed by atoms with Gasteiger partial charge in [0.05, 0.1) is 17.8 Å². The second-order valence-electron chi connectivity index (χ2n) is 2.49. The van der Waals surface area contributed by atoms with Crippen molar-refractivity contribution in [3.63, 3.8) is 0 Å². The second kappa shape index (κ2) is 5.34. The first-order valence-electron chi connectivity index (χ1n) is 3.95. The fourth-order valence-electron chi connectivity index (χ4n) is 1.07. The first-order valence-corrected chi connectivity index (χ1v) is 5.03. The van der Waals surface area contributed by atoms with Crippen molar-refractivity contribution in [3.8, 4) is 17.2 Å². The molecule has 0 unspecified atom stereocenters. The summed E-state index contributed by atoms with van der Waals surface area (Å²) in [6, 6.07) is 3.23. The lowest BCUT2D eigenvalue weighted by Crippen LogP contribution is -2.06. The van der Waals surface area contributed by atoms with E-state index in [1.54, 1.807) is 12.1 Å². The molecule has 0 aliphatic heterocycles. The predicted molar refractivity (Wildman–Crippen MR) is 58.9 cm³/mol. The monoisotopic (exact) mass is 330 g/mol. The van der Waals surface area contributed by atoms with Crippen molar-refractivity contribution in [3.05, 3.63) is 15.7 Å². The molecular formula is C9H9F2IO3. The number of hydrogen-bond acceptors (Lipinski definition) is 3. The molecule has 0 saturated heterocycles. The SMILES string of the molecule is COc1ccc(I)c(OC)c1OC(F)F. The Labute approximate surface area is 99.5 Å². The summed E-state index contributed by atoms with van der Waals surface area (Å²) in [6.07, 6.45) is 0. The molecule has 1 rings (SSSR count). The summed E-state index contributed by atoms with van der Waals surface area (Å²) in [5.41, 5.74) is 0. The van der Waals surface area contributed by atoms with E-state index in [0.717, 1.165) is 0 Å². The van der Waals surface area contributed by atoms with Gasteiger partial charge in [0.2, 0.25) is 5.75 Å². The molecule has 0 aromatic heterocycles. The van der Waals surface area contributed by atoms with Crippen molar-refractivity contribution in [2.45, 2.75) is 6.61 Å². The molecule has 0 atom stereocenters. The molecule has 0 heterocycles. The van der Waals surface area contributed by atoms with Crippen LogP contribution in [0.15, 0.2) is 12.1 Å². The maximum Gasteiger partial charge on any atom is 0.387 e. The molecule has 6 heteroatoms. The van der Waals surface area contributed by atoms with Crippen molar-refractivity contribution >= 4 is 22.6 Å². The summed E-state index contributed by atoms with van der Waals surface area (Å²) in [5.74, 6) is 0.379. The molecule has 0 N–H and O–H groups in total. The average Bonchev–Trinajstić information content (AvgIpc) is 2.18. The molecule has 0 amide bonds. The summed E-state index contributed by atoms with van der Waals surface area (Å²) in [6.45, 7) is -2.91. The molecule has 0 aliphatic rings. The van der Waals surface area contributed by atoms with Crippen molar-refractivity contribution < 1.29 is 23.0 Å².